The smallest absolute Gasteiger partial charge is 0.337 e. The summed E-state index contributed by atoms with van der Waals surface area (Å²) in [7, 11) is 0. The molecule has 45 heavy (non-hydrogen) atoms. The summed E-state index contributed by atoms with van der Waals surface area (Å²) in [5, 5.41) is 3.01. The first-order valence-electron chi connectivity index (χ1n) is 14.4. The predicted molar refractivity (Wildman–Crippen MR) is 157 cm³/mol. The summed E-state index contributed by atoms with van der Waals surface area (Å²) >= 11 is 0. The van der Waals surface area contributed by atoms with Crippen molar-refractivity contribution in [3.05, 3.63) is 70.8 Å². The molecule has 2 fully saturated rings. The number of anilines is 1. The fourth-order valence-electron chi connectivity index (χ4n) is 6.40. The van der Waals surface area contributed by atoms with Gasteiger partial charge >= 0.3 is 6.18 Å². The summed E-state index contributed by atoms with van der Waals surface area (Å²) in [4.78, 5) is 53.5. The highest BCUT2D eigenvalue weighted by Gasteiger charge is 2.64. The molecule has 1 saturated carbocycles. The molecule has 0 bridgehead atoms. The van der Waals surface area contributed by atoms with E-state index in [4.69, 9.17) is 0 Å². The Balaban J connectivity index is 1.31. The highest BCUT2D eigenvalue weighted by atomic mass is 19.4. The van der Waals surface area contributed by atoms with Crippen LogP contribution in [-0.4, -0.2) is 54.1 Å². The Kier molecular flexibility index (Phi) is 7.05. The number of piperidine rings is 1. The fourth-order valence-corrected chi connectivity index (χ4v) is 6.40. The van der Waals surface area contributed by atoms with E-state index in [1.165, 1.54) is 18.7 Å². The number of hydrogen-bond acceptors (Lipinski definition) is 6. The minimum absolute atomic E-state index is 0.177. The molecule has 1 aromatic carbocycles. The average molecular weight is 623 g/mol. The van der Waals surface area contributed by atoms with Gasteiger partial charge in [0.1, 0.15) is 35.7 Å². The van der Waals surface area contributed by atoms with Gasteiger partial charge in [-0.3, -0.25) is 14.4 Å². The van der Waals surface area contributed by atoms with Crippen molar-refractivity contribution in [3.8, 4) is 11.1 Å². The van der Waals surface area contributed by atoms with Gasteiger partial charge in [0, 0.05) is 52.8 Å². The van der Waals surface area contributed by atoms with Crippen LogP contribution in [0.2, 0.25) is 0 Å². The van der Waals surface area contributed by atoms with Crippen LogP contribution in [0.5, 0.6) is 0 Å². The quantitative estimate of drug-likeness (QED) is 0.215. The number of nitrogens with one attached hydrogen (secondary N) is 1. The van der Waals surface area contributed by atoms with Crippen LogP contribution < -0.4 is 5.32 Å². The molecule has 13 heteroatoms. The molecule has 2 amide bonds. The van der Waals surface area contributed by atoms with Crippen LogP contribution in [-0.2, 0) is 22.3 Å². The topological polar surface area (TPSA) is 110 Å². The maximum atomic E-state index is 14.3. The molecule has 6 rings (SSSR count). The molecule has 1 saturated heterocycles. The van der Waals surface area contributed by atoms with Crippen LogP contribution in [0.4, 0.5) is 23.4 Å². The van der Waals surface area contributed by atoms with Gasteiger partial charge in [0.25, 0.3) is 0 Å². The SMILES string of the molecule is CC(=O)c1cn(CC(=O)N2C3C[C@]3(C)C[C@H]2C(=O)Nc2nc(C(F)(F)F)cc(F)c2C)c2c(C)cc(-c3cnc(C)nc3)cc12. The van der Waals surface area contributed by atoms with Crippen molar-refractivity contribution in [1.29, 1.82) is 0 Å². The van der Waals surface area contributed by atoms with E-state index in [1.807, 2.05) is 26.0 Å². The third-order valence-electron chi connectivity index (χ3n) is 8.93. The second-order valence-electron chi connectivity index (χ2n) is 12.3. The number of rotatable bonds is 6. The van der Waals surface area contributed by atoms with Crippen molar-refractivity contribution in [1.82, 2.24) is 24.4 Å². The van der Waals surface area contributed by atoms with Gasteiger partial charge in [-0.05, 0) is 69.2 Å². The number of pyridine rings is 1. The number of amides is 2. The summed E-state index contributed by atoms with van der Waals surface area (Å²) in [6, 6.07) is 2.83. The van der Waals surface area contributed by atoms with Gasteiger partial charge in [-0.15, -0.1) is 0 Å². The van der Waals surface area contributed by atoms with E-state index < -0.39 is 35.5 Å². The third kappa shape index (κ3) is 5.33. The van der Waals surface area contributed by atoms with E-state index in [0.717, 1.165) is 16.7 Å². The Bertz CT molecular complexity index is 1900. The number of carbonyl (C=O) groups excluding carboxylic acids is 3. The molecule has 4 aromatic rings. The van der Waals surface area contributed by atoms with Crippen LogP contribution in [0, 0.1) is 32.0 Å². The largest absolute Gasteiger partial charge is 0.433 e. The molecule has 3 aromatic heterocycles. The lowest BCUT2D eigenvalue weighted by Crippen LogP contribution is -2.46. The molecule has 2 aliphatic rings. The average Bonchev–Trinajstić information content (AvgIpc) is 3.31. The summed E-state index contributed by atoms with van der Waals surface area (Å²) in [5.74, 6) is -2.39. The van der Waals surface area contributed by atoms with E-state index in [-0.39, 0.29) is 41.3 Å². The lowest BCUT2D eigenvalue weighted by atomic mass is 10.0. The lowest BCUT2D eigenvalue weighted by molar-refractivity contribution is -0.141. The van der Waals surface area contributed by atoms with Crippen molar-refractivity contribution in [2.75, 3.05) is 5.32 Å². The van der Waals surface area contributed by atoms with Crippen molar-refractivity contribution < 1.29 is 31.9 Å². The number of alkyl halides is 3. The van der Waals surface area contributed by atoms with Crippen LogP contribution in [0.3, 0.4) is 0 Å². The van der Waals surface area contributed by atoms with Gasteiger partial charge in [-0.2, -0.15) is 13.2 Å². The molecule has 0 radical (unpaired) electrons. The van der Waals surface area contributed by atoms with Gasteiger partial charge in [0.15, 0.2) is 5.78 Å². The zero-order valence-corrected chi connectivity index (χ0v) is 25.2. The second-order valence-corrected chi connectivity index (χ2v) is 12.3. The molecule has 4 heterocycles. The highest BCUT2D eigenvalue weighted by molar-refractivity contribution is 6.09. The lowest BCUT2D eigenvalue weighted by Gasteiger charge is -2.27. The zero-order chi connectivity index (χ0) is 32.6. The Labute approximate surface area is 255 Å². The number of Topliss-reactive ketones (excluding diaryl/α,β-unsaturated/α-hetero) is 1. The van der Waals surface area contributed by atoms with Gasteiger partial charge < -0.3 is 14.8 Å². The first kappa shape index (κ1) is 30.4. The fraction of sp³-hybridized carbons (Fsp3) is 0.375. The normalized spacial score (nSPS) is 20.8. The third-order valence-corrected chi connectivity index (χ3v) is 8.93. The van der Waals surface area contributed by atoms with Crippen molar-refractivity contribution >= 4 is 34.3 Å². The predicted octanol–water partition coefficient (Wildman–Crippen LogP) is 5.80. The number of ketones is 1. The summed E-state index contributed by atoms with van der Waals surface area (Å²) in [5.41, 5.74) is 1.46. The summed E-state index contributed by atoms with van der Waals surface area (Å²) < 4.78 is 55.9. The molecular formula is C32H30F4N6O3. The number of aryl methyl sites for hydroxylation is 2. The van der Waals surface area contributed by atoms with Crippen LogP contribution >= 0.6 is 0 Å². The minimum Gasteiger partial charge on any atom is -0.337 e. The van der Waals surface area contributed by atoms with E-state index >= 15 is 0 Å². The van der Waals surface area contributed by atoms with Gasteiger partial charge in [0.05, 0.1) is 5.52 Å². The first-order valence-corrected chi connectivity index (χ1v) is 14.4. The summed E-state index contributed by atoms with van der Waals surface area (Å²) in [6.45, 7) is 8.09. The number of aromatic nitrogens is 4. The Hall–Kier alpha value is -4.68. The minimum atomic E-state index is -4.91. The number of hydrogen-bond donors (Lipinski definition) is 1. The van der Waals surface area contributed by atoms with E-state index in [1.54, 1.807) is 30.1 Å². The number of benzene rings is 1. The Morgan fingerprint density at radius 2 is 1.73 bits per heavy atom. The molecule has 1 unspecified atom stereocenters. The van der Waals surface area contributed by atoms with Crippen molar-refractivity contribution in [2.45, 2.75) is 72.3 Å². The molecule has 0 spiro atoms. The maximum absolute atomic E-state index is 14.3. The molecular weight excluding hydrogens is 592 g/mol. The van der Waals surface area contributed by atoms with E-state index in [2.05, 4.69) is 20.3 Å². The molecule has 1 N–H and O–H groups in total. The molecule has 3 atom stereocenters. The highest BCUT2D eigenvalue weighted by Crippen LogP contribution is 2.59. The second kappa shape index (κ2) is 10.5. The molecule has 234 valence electrons. The van der Waals surface area contributed by atoms with Gasteiger partial charge in [-0.1, -0.05) is 6.92 Å². The molecule has 1 aliphatic carbocycles. The zero-order valence-electron chi connectivity index (χ0n) is 25.2. The Morgan fingerprint density at radius 3 is 2.38 bits per heavy atom. The Morgan fingerprint density at radius 1 is 1.04 bits per heavy atom. The number of likely N-dealkylation sites (tertiary alicyclic amines) is 1. The monoisotopic (exact) mass is 622 g/mol. The summed E-state index contributed by atoms with van der Waals surface area (Å²) in [6.07, 6.45) is 1.08. The van der Waals surface area contributed by atoms with E-state index in [0.29, 0.717) is 35.1 Å². The van der Waals surface area contributed by atoms with Crippen molar-refractivity contribution in [2.24, 2.45) is 5.41 Å². The standard InChI is InChI=1S/C32H30F4N6O3/c1-15-6-19(20-11-37-18(4)38-12-20)7-21-22(17(3)43)13-41(28(15)21)14-27(44)42-24(9-31(5)10-26(31)42)30(45)40-29-16(2)23(33)8-25(39-29)32(34,35)36/h6-8,11-13,24,26H,9-10,14H2,1-5H3,(H,39,40,45)/t24-,26?,31-/m0/s1. The first-order chi connectivity index (χ1) is 21.1. The van der Waals surface area contributed by atoms with E-state index in [9.17, 15) is 31.9 Å². The van der Waals surface area contributed by atoms with Crippen LogP contribution in [0.15, 0.2) is 36.8 Å². The molecule has 9 nitrogen and oxygen atoms in total. The maximum Gasteiger partial charge on any atom is 0.433 e. The molecule has 1 aliphatic heterocycles. The van der Waals surface area contributed by atoms with Crippen molar-refractivity contribution in [3.63, 3.8) is 0 Å². The number of nitrogens with zero attached hydrogens (tertiary/aromatic N) is 5. The van der Waals surface area contributed by atoms with Crippen LogP contribution in [0.25, 0.3) is 22.0 Å². The van der Waals surface area contributed by atoms with Gasteiger partial charge in [-0.25, -0.2) is 19.3 Å². The van der Waals surface area contributed by atoms with Gasteiger partial charge in [0.2, 0.25) is 11.8 Å². The van der Waals surface area contributed by atoms with Crippen LogP contribution in [0.1, 0.15) is 59.7 Å². The number of carbonyl (C=O) groups is 3. The number of halogens is 4. The number of fused-ring (bicyclic) bond motifs is 2.